The number of aromatic hydroxyl groups is 1. The van der Waals surface area contributed by atoms with E-state index in [-0.39, 0.29) is 11.8 Å². The molecule has 2 N–H and O–H groups in total. The number of rotatable bonds is 3. The molecule has 0 saturated carbocycles. The number of hydrogen-bond donors (Lipinski definition) is 2. The van der Waals surface area contributed by atoms with Crippen molar-refractivity contribution < 1.29 is 19.4 Å². The van der Waals surface area contributed by atoms with Crippen LogP contribution in [0.25, 0.3) is 0 Å². The molecule has 0 fully saturated rings. The summed E-state index contributed by atoms with van der Waals surface area (Å²) in [5, 5.41) is 12.5. The van der Waals surface area contributed by atoms with Gasteiger partial charge in [0.15, 0.2) is 0 Å². The highest BCUT2D eigenvalue weighted by atomic mass is 16.6. The summed E-state index contributed by atoms with van der Waals surface area (Å²) >= 11 is 0. The first kappa shape index (κ1) is 15.1. The van der Waals surface area contributed by atoms with Crippen molar-refractivity contribution in [2.24, 2.45) is 0 Å². The zero-order chi connectivity index (χ0) is 14.6. The number of carbonyl (C=O) groups is 1. The van der Waals surface area contributed by atoms with Crippen LogP contribution in [0.15, 0.2) is 18.2 Å². The molecule has 1 amide bonds. The highest BCUT2D eigenvalue weighted by molar-refractivity contribution is 5.68. The van der Waals surface area contributed by atoms with Gasteiger partial charge in [-0.25, -0.2) is 4.79 Å². The lowest BCUT2D eigenvalue weighted by atomic mass is 10.1. The third-order valence-corrected chi connectivity index (χ3v) is 2.43. The Balaban J connectivity index is 2.78. The maximum Gasteiger partial charge on any atom is 0.408 e. The highest BCUT2D eigenvalue weighted by Gasteiger charge is 2.19. The Kier molecular flexibility index (Phi) is 4.64. The molecule has 1 rings (SSSR count). The third-order valence-electron chi connectivity index (χ3n) is 2.43. The summed E-state index contributed by atoms with van der Waals surface area (Å²) in [4.78, 5) is 11.7. The first-order chi connectivity index (χ1) is 8.73. The SMILES string of the molecule is COc1ccc(O)c(C(C)NC(=O)OC(C)(C)C)c1. The van der Waals surface area contributed by atoms with E-state index in [0.29, 0.717) is 11.3 Å². The Morgan fingerprint density at radius 3 is 2.53 bits per heavy atom. The number of benzene rings is 1. The largest absolute Gasteiger partial charge is 0.508 e. The molecule has 5 heteroatoms. The average molecular weight is 267 g/mol. The van der Waals surface area contributed by atoms with Crippen LogP contribution >= 0.6 is 0 Å². The van der Waals surface area contributed by atoms with Gasteiger partial charge in [-0.15, -0.1) is 0 Å². The molecule has 106 valence electrons. The fourth-order valence-electron chi connectivity index (χ4n) is 1.57. The predicted molar refractivity (Wildman–Crippen MR) is 72.4 cm³/mol. The summed E-state index contributed by atoms with van der Waals surface area (Å²) in [6.07, 6.45) is -0.526. The number of hydrogen-bond acceptors (Lipinski definition) is 4. The first-order valence-corrected chi connectivity index (χ1v) is 6.09. The number of phenols is 1. The van der Waals surface area contributed by atoms with Gasteiger partial charge in [-0.1, -0.05) is 0 Å². The smallest absolute Gasteiger partial charge is 0.408 e. The van der Waals surface area contributed by atoms with E-state index in [4.69, 9.17) is 9.47 Å². The van der Waals surface area contributed by atoms with Crippen LogP contribution in [0.3, 0.4) is 0 Å². The van der Waals surface area contributed by atoms with Gasteiger partial charge in [-0.2, -0.15) is 0 Å². The van der Waals surface area contributed by atoms with Crippen LogP contribution in [0.5, 0.6) is 11.5 Å². The molecule has 0 radical (unpaired) electrons. The van der Waals surface area contributed by atoms with Gasteiger partial charge in [0.1, 0.15) is 17.1 Å². The topological polar surface area (TPSA) is 67.8 Å². The van der Waals surface area contributed by atoms with Gasteiger partial charge < -0.3 is 19.9 Å². The summed E-state index contributed by atoms with van der Waals surface area (Å²) in [5.74, 6) is 0.718. The van der Waals surface area contributed by atoms with Crippen molar-refractivity contribution in [1.29, 1.82) is 0 Å². The van der Waals surface area contributed by atoms with Crippen LogP contribution in [0.1, 0.15) is 39.3 Å². The van der Waals surface area contributed by atoms with E-state index in [1.54, 1.807) is 46.9 Å². The lowest BCUT2D eigenvalue weighted by Gasteiger charge is -2.22. The van der Waals surface area contributed by atoms with Crippen molar-refractivity contribution in [2.45, 2.75) is 39.3 Å². The van der Waals surface area contributed by atoms with Crippen LogP contribution in [0.2, 0.25) is 0 Å². The monoisotopic (exact) mass is 267 g/mol. The number of methoxy groups -OCH3 is 1. The third kappa shape index (κ3) is 4.69. The Morgan fingerprint density at radius 1 is 1.37 bits per heavy atom. The van der Waals surface area contributed by atoms with Crippen LogP contribution in [0, 0.1) is 0 Å². The van der Waals surface area contributed by atoms with Crippen molar-refractivity contribution in [2.75, 3.05) is 7.11 Å². The summed E-state index contributed by atoms with van der Waals surface area (Å²) in [7, 11) is 1.54. The first-order valence-electron chi connectivity index (χ1n) is 6.09. The van der Waals surface area contributed by atoms with Crippen LogP contribution in [0.4, 0.5) is 4.79 Å². The van der Waals surface area contributed by atoms with Gasteiger partial charge in [0.05, 0.1) is 13.2 Å². The van der Waals surface area contributed by atoms with Gasteiger partial charge in [0.2, 0.25) is 0 Å². The van der Waals surface area contributed by atoms with E-state index >= 15 is 0 Å². The quantitative estimate of drug-likeness (QED) is 0.883. The van der Waals surface area contributed by atoms with E-state index in [2.05, 4.69) is 5.32 Å². The van der Waals surface area contributed by atoms with Gasteiger partial charge in [0, 0.05) is 5.56 Å². The number of phenolic OH excluding ortho intramolecular Hbond substituents is 1. The van der Waals surface area contributed by atoms with Crippen LogP contribution < -0.4 is 10.1 Å². The maximum atomic E-state index is 11.7. The molecule has 1 unspecified atom stereocenters. The van der Waals surface area contributed by atoms with Crippen molar-refractivity contribution in [1.82, 2.24) is 5.32 Å². The van der Waals surface area contributed by atoms with Gasteiger partial charge >= 0.3 is 6.09 Å². The van der Waals surface area contributed by atoms with Gasteiger partial charge in [0.25, 0.3) is 0 Å². The van der Waals surface area contributed by atoms with Crippen LogP contribution in [-0.2, 0) is 4.74 Å². The van der Waals surface area contributed by atoms with E-state index < -0.39 is 11.7 Å². The fraction of sp³-hybridized carbons (Fsp3) is 0.500. The fourth-order valence-corrected chi connectivity index (χ4v) is 1.57. The standard InChI is InChI=1S/C14H21NO4/c1-9(15-13(17)19-14(2,3)4)11-8-10(18-5)6-7-12(11)16/h6-9,16H,1-5H3,(H,15,17). The van der Waals surface area contributed by atoms with Crippen LogP contribution in [-0.4, -0.2) is 23.9 Å². The molecule has 19 heavy (non-hydrogen) atoms. The Hall–Kier alpha value is -1.91. The van der Waals surface area contributed by atoms with Crippen molar-refractivity contribution in [3.8, 4) is 11.5 Å². The highest BCUT2D eigenvalue weighted by Crippen LogP contribution is 2.28. The molecule has 0 heterocycles. The van der Waals surface area contributed by atoms with Crippen molar-refractivity contribution in [3.63, 3.8) is 0 Å². The molecular formula is C14H21NO4. The molecule has 0 saturated heterocycles. The van der Waals surface area contributed by atoms with Gasteiger partial charge in [-0.05, 0) is 45.9 Å². The average Bonchev–Trinajstić information content (AvgIpc) is 2.26. The number of alkyl carbamates (subject to hydrolysis) is 1. The van der Waals surface area contributed by atoms with E-state index in [1.807, 2.05) is 0 Å². The Labute approximate surface area is 113 Å². The number of nitrogens with one attached hydrogen (secondary N) is 1. The summed E-state index contributed by atoms with van der Waals surface area (Å²) in [5.41, 5.74) is 0.0189. The zero-order valence-corrected chi connectivity index (χ0v) is 12.0. The molecule has 1 aromatic carbocycles. The summed E-state index contributed by atoms with van der Waals surface area (Å²) in [6.45, 7) is 7.14. The van der Waals surface area contributed by atoms with Crippen molar-refractivity contribution in [3.05, 3.63) is 23.8 Å². The predicted octanol–water partition coefficient (Wildman–Crippen LogP) is 2.99. The molecular weight excluding hydrogens is 246 g/mol. The minimum absolute atomic E-state index is 0.101. The lowest BCUT2D eigenvalue weighted by molar-refractivity contribution is 0.0507. The van der Waals surface area contributed by atoms with E-state index in [9.17, 15) is 9.90 Å². The zero-order valence-electron chi connectivity index (χ0n) is 12.0. The minimum Gasteiger partial charge on any atom is -0.508 e. The molecule has 0 aromatic heterocycles. The van der Waals surface area contributed by atoms with E-state index in [1.165, 1.54) is 6.07 Å². The molecule has 0 bridgehead atoms. The summed E-state index contributed by atoms with van der Waals surface area (Å²) in [6, 6.07) is 4.47. The second-order valence-electron chi connectivity index (χ2n) is 5.29. The van der Waals surface area contributed by atoms with Crippen molar-refractivity contribution >= 4 is 6.09 Å². The number of amides is 1. The molecule has 0 spiro atoms. The molecule has 0 aliphatic rings. The lowest BCUT2D eigenvalue weighted by Crippen LogP contribution is -2.34. The molecule has 0 aliphatic heterocycles. The normalized spacial score (nSPS) is 12.7. The number of carbonyl (C=O) groups excluding carboxylic acids is 1. The Bertz CT molecular complexity index is 451. The summed E-state index contributed by atoms with van der Waals surface area (Å²) < 4.78 is 10.3. The molecule has 1 atom stereocenters. The molecule has 5 nitrogen and oxygen atoms in total. The number of ether oxygens (including phenoxy) is 2. The molecule has 1 aromatic rings. The maximum absolute atomic E-state index is 11.7. The minimum atomic E-state index is -0.555. The molecule has 0 aliphatic carbocycles. The second kappa shape index (κ2) is 5.82. The Morgan fingerprint density at radius 2 is 2.00 bits per heavy atom. The van der Waals surface area contributed by atoms with E-state index in [0.717, 1.165) is 0 Å². The second-order valence-corrected chi connectivity index (χ2v) is 5.29. The van der Waals surface area contributed by atoms with Gasteiger partial charge in [-0.3, -0.25) is 0 Å².